The van der Waals surface area contributed by atoms with Gasteiger partial charge in [0.25, 0.3) is 0 Å². The Morgan fingerprint density at radius 3 is 2.13 bits per heavy atom. The molecule has 13 heteroatoms. The minimum atomic E-state index is -1.52. The van der Waals surface area contributed by atoms with Crippen molar-refractivity contribution in [1.82, 2.24) is 9.97 Å². The molecule has 4 aliphatic heterocycles. The average Bonchev–Trinajstić information content (AvgIpc) is 3.98. The largest absolute Gasteiger partial charge is 0.393 e. The average molecular weight is 941 g/mol. The maximum Gasteiger partial charge on any atom is 0.201 e. The number of Topliss-reactive ketones (excluding diaryl/α,β-unsaturated/α-hetero) is 1. The van der Waals surface area contributed by atoms with Crippen LogP contribution in [-0.2, 0) is 49.4 Å². The van der Waals surface area contributed by atoms with Crippen LogP contribution in [0.15, 0.2) is 23.3 Å². The second-order valence-electron chi connectivity index (χ2n) is 26.6. The highest BCUT2D eigenvalue weighted by molar-refractivity contribution is 5.92. The number of ketones is 1. The Kier molecular flexibility index (Phi) is 9.07. The summed E-state index contributed by atoms with van der Waals surface area (Å²) in [7, 11) is 0. The van der Waals surface area contributed by atoms with E-state index in [-0.39, 0.29) is 78.7 Å². The van der Waals surface area contributed by atoms with Crippen molar-refractivity contribution in [2.75, 3.05) is 13.2 Å². The van der Waals surface area contributed by atoms with E-state index < -0.39 is 80.6 Å². The zero-order valence-electron chi connectivity index (χ0n) is 41.7. The van der Waals surface area contributed by atoms with Crippen LogP contribution in [0.5, 0.6) is 0 Å². The summed E-state index contributed by atoms with van der Waals surface area (Å²) in [5.74, 6) is -3.13. The minimum Gasteiger partial charge on any atom is -0.393 e. The first-order valence-corrected chi connectivity index (χ1v) is 26.5. The van der Waals surface area contributed by atoms with Crippen LogP contribution in [0, 0.1) is 74.9 Å². The number of hydrogen-bond donors (Lipinski definition) is 6. The van der Waals surface area contributed by atoms with Crippen molar-refractivity contribution >= 4 is 5.78 Å². The first kappa shape index (κ1) is 45.7. The first-order chi connectivity index (χ1) is 31.8. The molecule has 1 aromatic heterocycles. The molecule has 1 aromatic rings. The molecule has 68 heavy (non-hydrogen) atoms. The van der Waals surface area contributed by atoms with Gasteiger partial charge in [0.05, 0.1) is 64.3 Å². The van der Waals surface area contributed by atoms with E-state index in [0.29, 0.717) is 31.6 Å². The van der Waals surface area contributed by atoms with Crippen LogP contribution in [-0.4, -0.2) is 118 Å². The van der Waals surface area contributed by atoms with Gasteiger partial charge in [-0.2, -0.15) is 0 Å². The molecule has 12 aliphatic rings. The molecule has 13 nitrogen and oxygen atoms in total. The number of aliphatic hydroxyl groups excluding tert-OH is 4. The first-order valence-electron chi connectivity index (χ1n) is 26.5. The third kappa shape index (κ3) is 4.94. The summed E-state index contributed by atoms with van der Waals surface area (Å²) in [6, 6.07) is 0. The molecule has 8 fully saturated rings. The minimum absolute atomic E-state index is 0.0580. The van der Waals surface area contributed by atoms with E-state index in [4.69, 9.17) is 28.9 Å². The summed E-state index contributed by atoms with van der Waals surface area (Å²) in [6.07, 6.45) is 8.77. The van der Waals surface area contributed by atoms with Gasteiger partial charge in [-0.1, -0.05) is 64.8 Å². The number of ether oxygens (including phenoxy) is 4. The Morgan fingerprint density at radius 1 is 0.765 bits per heavy atom. The van der Waals surface area contributed by atoms with E-state index >= 15 is 4.79 Å². The zero-order valence-corrected chi connectivity index (χ0v) is 41.7. The molecule has 4 saturated heterocycles. The Labute approximate surface area is 400 Å². The van der Waals surface area contributed by atoms with Gasteiger partial charge >= 0.3 is 0 Å². The Bertz CT molecular complexity index is 2480. The second kappa shape index (κ2) is 13.5. The number of hydrogen-bond acceptors (Lipinski definition) is 13. The topological polar surface area (TPSA) is 201 Å². The van der Waals surface area contributed by atoms with Crippen LogP contribution in [0.1, 0.15) is 136 Å². The second-order valence-corrected chi connectivity index (χ2v) is 26.6. The number of nitrogens with zero attached hydrogens (tertiary/aromatic N) is 2. The van der Waals surface area contributed by atoms with Gasteiger partial charge in [-0.15, -0.1) is 0 Å². The normalized spacial score (nSPS) is 57.7. The standard InChI is InChI=1S/C55H76N2O11/c1-26-32-14-15-33-34-13-11-30-17-38-40(21-49(30,8)52(34,63)23-42(60)51(32,33)25-65-54(26)45(62)27(2)46(4,5)67-54)57-37-16-29-10-12-31-35(48(29,7)20-39(37)56-38)18-41(59)50(9)36(31)19-44-53(50,64)28(3)55(66-44)43(61)22-47(6,24-58)68-55/h15,19,26-32,34-35,41,43-45,58-59,61-64H,10-14,16-18,20-25H2,1-9H3/t26-,27-,28-,29-,30-,31+,32+,34-,35-,41+,43+,44-,45+,47-,48-,49-,50+,51+,52+,53+,54-,55-/m0/s1. The smallest absolute Gasteiger partial charge is 0.201 e. The van der Waals surface area contributed by atoms with Crippen molar-refractivity contribution in [2.45, 2.75) is 198 Å². The summed E-state index contributed by atoms with van der Waals surface area (Å²) >= 11 is 0. The maximum absolute atomic E-state index is 15.0. The quantitative estimate of drug-likeness (QED) is 0.209. The van der Waals surface area contributed by atoms with Crippen LogP contribution in [0.25, 0.3) is 0 Å². The highest BCUT2D eigenvalue weighted by atomic mass is 16.7. The van der Waals surface area contributed by atoms with Crippen molar-refractivity contribution in [3.63, 3.8) is 0 Å². The molecule has 8 aliphatic carbocycles. The Morgan fingerprint density at radius 2 is 1.46 bits per heavy atom. The highest BCUT2D eigenvalue weighted by Crippen LogP contribution is 2.73. The highest BCUT2D eigenvalue weighted by Gasteiger charge is 2.80. The van der Waals surface area contributed by atoms with Gasteiger partial charge in [-0.25, -0.2) is 0 Å². The lowest BCUT2D eigenvalue weighted by Gasteiger charge is -2.64. The van der Waals surface area contributed by atoms with Gasteiger partial charge in [0.15, 0.2) is 5.79 Å². The number of allylic oxidation sites excluding steroid dienone is 1. The monoisotopic (exact) mass is 941 g/mol. The van der Waals surface area contributed by atoms with Crippen molar-refractivity contribution in [2.24, 2.45) is 74.9 Å². The van der Waals surface area contributed by atoms with Crippen LogP contribution in [0.2, 0.25) is 0 Å². The van der Waals surface area contributed by atoms with E-state index in [9.17, 15) is 30.6 Å². The molecule has 0 bridgehead atoms. The molecule has 0 amide bonds. The molecule has 22 atom stereocenters. The van der Waals surface area contributed by atoms with E-state index in [1.807, 2.05) is 34.6 Å². The van der Waals surface area contributed by atoms with Crippen LogP contribution in [0.4, 0.5) is 0 Å². The fourth-order valence-electron chi connectivity index (χ4n) is 19.4. The van der Waals surface area contributed by atoms with Gasteiger partial charge < -0.3 is 49.6 Å². The Balaban J connectivity index is 0.771. The maximum atomic E-state index is 15.0. The zero-order chi connectivity index (χ0) is 48.1. The predicted molar refractivity (Wildman–Crippen MR) is 246 cm³/mol. The van der Waals surface area contributed by atoms with Crippen LogP contribution >= 0.6 is 0 Å². The van der Waals surface area contributed by atoms with Crippen LogP contribution < -0.4 is 0 Å². The summed E-state index contributed by atoms with van der Waals surface area (Å²) in [5, 5.41) is 71.9. The molecule has 372 valence electrons. The summed E-state index contributed by atoms with van der Waals surface area (Å²) in [4.78, 5) is 26.1. The van der Waals surface area contributed by atoms with Crippen molar-refractivity contribution in [3.8, 4) is 0 Å². The molecular weight excluding hydrogens is 865 g/mol. The number of aromatic nitrogens is 2. The van der Waals surface area contributed by atoms with E-state index in [2.05, 4.69) is 32.9 Å². The lowest BCUT2D eigenvalue weighted by atomic mass is 9.42. The molecular formula is C55H76N2O11. The van der Waals surface area contributed by atoms with Crippen molar-refractivity contribution in [3.05, 3.63) is 46.1 Å². The number of aliphatic hydroxyl groups is 6. The van der Waals surface area contributed by atoms with Crippen molar-refractivity contribution in [1.29, 1.82) is 0 Å². The van der Waals surface area contributed by atoms with Gasteiger partial charge in [0.1, 0.15) is 29.7 Å². The molecule has 0 aromatic carbocycles. The fraction of sp³-hybridized carbons (Fsp3) is 0.836. The predicted octanol–water partition coefficient (Wildman–Crippen LogP) is 4.87. The lowest BCUT2D eigenvalue weighted by Crippen LogP contribution is -2.70. The number of rotatable bonds is 1. The molecule has 6 N–H and O–H groups in total. The lowest BCUT2D eigenvalue weighted by molar-refractivity contribution is -0.337. The van der Waals surface area contributed by atoms with Crippen LogP contribution in [0.3, 0.4) is 0 Å². The summed E-state index contributed by atoms with van der Waals surface area (Å²) in [6.45, 7) is 18.2. The van der Waals surface area contributed by atoms with Crippen molar-refractivity contribution < 1.29 is 54.4 Å². The Hall–Kier alpha value is -2.17. The molecule has 3 spiro atoms. The third-order valence-corrected chi connectivity index (χ3v) is 23.9. The number of carbonyl (C=O) groups excluding carboxylic acids is 1. The number of carbonyl (C=O) groups is 1. The molecule has 4 saturated carbocycles. The van der Waals surface area contributed by atoms with E-state index in [1.165, 1.54) is 0 Å². The van der Waals surface area contributed by atoms with Gasteiger partial charge in [-0.3, -0.25) is 14.8 Å². The van der Waals surface area contributed by atoms with Gasteiger partial charge in [0, 0.05) is 47.3 Å². The third-order valence-electron chi connectivity index (χ3n) is 23.9. The molecule has 13 rings (SSSR count). The molecule has 0 unspecified atom stereocenters. The molecule has 0 radical (unpaired) electrons. The number of fused-ring (bicyclic) bond motifs is 13. The fourth-order valence-corrected chi connectivity index (χ4v) is 19.4. The van der Waals surface area contributed by atoms with E-state index in [1.54, 1.807) is 6.92 Å². The SMILES string of the molecule is C[C@@H]1[C@]2(O[C@H]3C=C4[C@@H]5CC[C@H]6Cc7nc8c(nc7C[C@]6(C)[C@H]5C[C@@H](O)[C@]4(C)[C@]31O)C[C@@H]1CC[C@H]3C4=CC[C@@H]5[C@H](C)[C@]6(OC[C@]45C(=O)C[C@]3(O)[C@@]1(C)C8)OC(C)(C)[C@@H](C)[C@H]6O)O[C@](C)(CO)C[C@H]2O. The summed E-state index contributed by atoms with van der Waals surface area (Å²) in [5.41, 5.74) is -0.724. The van der Waals surface area contributed by atoms with Gasteiger partial charge in [0.2, 0.25) is 5.79 Å². The van der Waals surface area contributed by atoms with Gasteiger partial charge in [-0.05, 0) is 120 Å². The molecule has 5 heterocycles. The van der Waals surface area contributed by atoms with E-state index in [0.717, 1.165) is 72.4 Å². The summed E-state index contributed by atoms with van der Waals surface area (Å²) < 4.78 is 26.4.